The Hall–Kier alpha value is 0.0969. The fraction of sp³-hybridized carbons (Fsp3) is 1.00. The first-order valence-electron chi connectivity index (χ1n) is 6.15. The lowest BCUT2D eigenvalue weighted by molar-refractivity contribution is 0.0681. The molecule has 0 aromatic carbocycles. The van der Waals surface area contributed by atoms with Gasteiger partial charge in [0.05, 0.1) is 0 Å². The smallest absolute Gasteiger partial charge is 0.374 e. The van der Waals surface area contributed by atoms with Gasteiger partial charge in [-0.05, 0) is 33.1 Å². The second-order valence-electron chi connectivity index (χ2n) is 3.91. The fourth-order valence-corrected chi connectivity index (χ4v) is 5.69. The minimum atomic E-state index is -2.35. The molecule has 0 bridgehead atoms. The highest BCUT2D eigenvalue weighted by atomic mass is 28.4. The van der Waals surface area contributed by atoms with Crippen LogP contribution in [0.3, 0.4) is 0 Å². The van der Waals surface area contributed by atoms with E-state index >= 15 is 0 Å². The van der Waals surface area contributed by atoms with Gasteiger partial charge in [0.2, 0.25) is 0 Å². The average molecular weight is 232 g/mol. The third-order valence-corrected chi connectivity index (χ3v) is 6.63. The molecule has 0 heterocycles. The van der Waals surface area contributed by atoms with Crippen LogP contribution in [0.1, 0.15) is 40.5 Å². The highest BCUT2D eigenvalue weighted by Gasteiger charge is 2.60. The molecule has 3 nitrogen and oxygen atoms in total. The van der Waals surface area contributed by atoms with E-state index in [1.165, 1.54) is 12.8 Å². The van der Waals surface area contributed by atoms with Crippen LogP contribution in [-0.2, 0) is 13.3 Å². The van der Waals surface area contributed by atoms with Crippen LogP contribution in [0.2, 0.25) is 5.54 Å². The Morgan fingerprint density at radius 3 is 1.67 bits per heavy atom. The molecule has 0 amide bonds. The van der Waals surface area contributed by atoms with E-state index < -0.39 is 8.80 Å². The lowest BCUT2D eigenvalue weighted by atomic mass is 10.3. The van der Waals surface area contributed by atoms with Crippen LogP contribution < -0.4 is 0 Å². The second-order valence-corrected chi connectivity index (χ2v) is 6.73. The molecule has 1 rings (SSSR count). The molecule has 1 aliphatic rings. The first-order valence-corrected chi connectivity index (χ1v) is 7.96. The number of hydrogen-bond acceptors (Lipinski definition) is 3. The predicted molar refractivity (Wildman–Crippen MR) is 62.8 cm³/mol. The van der Waals surface area contributed by atoms with Crippen molar-refractivity contribution in [2.75, 3.05) is 19.8 Å². The van der Waals surface area contributed by atoms with Gasteiger partial charge in [-0.15, -0.1) is 0 Å². The van der Waals surface area contributed by atoms with Gasteiger partial charge in [0.25, 0.3) is 0 Å². The zero-order valence-electron chi connectivity index (χ0n) is 10.4. The molecule has 1 fully saturated rings. The van der Waals surface area contributed by atoms with Crippen molar-refractivity contribution in [1.82, 2.24) is 0 Å². The monoisotopic (exact) mass is 232 g/mol. The highest BCUT2D eigenvalue weighted by Crippen LogP contribution is 2.54. The van der Waals surface area contributed by atoms with E-state index in [1.807, 2.05) is 20.8 Å². The lowest BCUT2D eigenvalue weighted by Crippen LogP contribution is -2.47. The van der Waals surface area contributed by atoms with Gasteiger partial charge in [0.1, 0.15) is 0 Å². The van der Waals surface area contributed by atoms with Crippen LogP contribution in [0.5, 0.6) is 0 Å². The van der Waals surface area contributed by atoms with Crippen molar-refractivity contribution in [3.8, 4) is 0 Å². The van der Waals surface area contributed by atoms with Crippen molar-refractivity contribution in [1.29, 1.82) is 0 Å². The molecule has 0 spiro atoms. The summed E-state index contributed by atoms with van der Waals surface area (Å²) in [4.78, 5) is 0. The average Bonchev–Trinajstić information content (AvgIpc) is 2.98. The Balaban J connectivity index is 2.63. The molecule has 0 aliphatic heterocycles. The summed E-state index contributed by atoms with van der Waals surface area (Å²) < 4.78 is 17.6. The van der Waals surface area contributed by atoms with E-state index in [-0.39, 0.29) is 0 Å². The fourth-order valence-electron chi connectivity index (χ4n) is 2.18. The van der Waals surface area contributed by atoms with Crippen molar-refractivity contribution in [3.63, 3.8) is 0 Å². The molecular weight excluding hydrogens is 208 g/mol. The molecule has 2 unspecified atom stereocenters. The molecular formula is C11H24O3Si. The van der Waals surface area contributed by atoms with Gasteiger partial charge >= 0.3 is 8.80 Å². The van der Waals surface area contributed by atoms with Gasteiger partial charge in [0, 0.05) is 25.4 Å². The van der Waals surface area contributed by atoms with Crippen LogP contribution in [0.15, 0.2) is 0 Å². The third-order valence-electron chi connectivity index (χ3n) is 2.94. The summed E-state index contributed by atoms with van der Waals surface area (Å²) >= 11 is 0. The molecule has 15 heavy (non-hydrogen) atoms. The van der Waals surface area contributed by atoms with Crippen molar-refractivity contribution in [2.24, 2.45) is 5.92 Å². The summed E-state index contributed by atoms with van der Waals surface area (Å²) in [5.41, 5.74) is 0.558. The summed E-state index contributed by atoms with van der Waals surface area (Å²) in [7, 11) is -2.35. The van der Waals surface area contributed by atoms with Crippen LogP contribution in [0.25, 0.3) is 0 Å². The van der Waals surface area contributed by atoms with E-state index in [1.54, 1.807) is 0 Å². The maximum Gasteiger partial charge on any atom is 0.504 e. The zero-order chi connectivity index (χ0) is 11.3. The Kier molecular flexibility index (Phi) is 5.25. The van der Waals surface area contributed by atoms with Gasteiger partial charge in [-0.2, -0.15) is 0 Å². The SMILES string of the molecule is CCO[Si](OCC)(OCC)C1CC1CC. The molecule has 0 aromatic rings. The third kappa shape index (κ3) is 3.03. The van der Waals surface area contributed by atoms with Gasteiger partial charge in [0.15, 0.2) is 0 Å². The van der Waals surface area contributed by atoms with Gasteiger partial charge in [-0.25, -0.2) is 0 Å². The van der Waals surface area contributed by atoms with Gasteiger partial charge in [-0.3, -0.25) is 0 Å². The number of hydrogen-bond donors (Lipinski definition) is 0. The maximum atomic E-state index is 5.86. The minimum absolute atomic E-state index is 0.558. The first kappa shape index (κ1) is 13.2. The normalized spacial score (nSPS) is 25.6. The molecule has 1 aliphatic carbocycles. The summed E-state index contributed by atoms with van der Waals surface area (Å²) in [6.45, 7) is 10.4. The molecule has 0 saturated heterocycles. The Bertz CT molecular complexity index is 170. The summed E-state index contributed by atoms with van der Waals surface area (Å²) in [6.07, 6.45) is 2.44. The van der Waals surface area contributed by atoms with Crippen LogP contribution >= 0.6 is 0 Å². The van der Waals surface area contributed by atoms with E-state index in [9.17, 15) is 0 Å². The quantitative estimate of drug-likeness (QED) is 0.602. The van der Waals surface area contributed by atoms with Crippen LogP contribution in [0.4, 0.5) is 0 Å². The van der Waals surface area contributed by atoms with Crippen LogP contribution in [0, 0.1) is 5.92 Å². The first-order chi connectivity index (χ1) is 7.24. The maximum absolute atomic E-state index is 5.86. The Morgan fingerprint density at radius 1 is 0.933 bits per heavy atom. The second kappa shape index (κ2) is 5.99. The molecule has 90 valence electrons. The highest BCUT2D eigenvalue weighted by molar-refractivity contribution is 6.63. The van der Waals surface area contributed by atoms with E-state index in [2.05, 4.69) is 6.92 Å². The van der Waals surface area contributed by atoms with Crippen molar-refractivity contribution in [2.45, 2.75) is 46.1 Å². The van der Waals surface area contributed by atoms with E-state index in [0.29, 0.717) is 25.4 Å². The standard InChI is InChI=1S/C11H24O3Si/c1-5-10-9-11(10)15(12-6-2,13-7-3)14-8-4/h10-11H,5-9H2,1-4H3. The van der Waals surface area contributed by atoms with Crippen molar-refractivity contribution < 1.29 is 13.3 Å². The zero-order valence-corrected chi connectivity index (χ0v) is 11.4. The Morgan fingerprint density at radius 2 is 1.40 bits per heavy atom. The van der Waals surface area contributed by atoms with E-state index in [0.717, 1.165) is 5.92 Å². The van der Waals surface area contributed by atoms with Gasteiger partial charge < -0.3 is 13.3 Å². The molecule has 2 atom stereocenters. The van der Waals surface area contributed by atoms with Gasteiger partial charge in [-0.1, -0.05) is 13.3 Å². The summed E-state index contributed by atoms with van der Waals surface area (Å²) in [6, 6.07) is 0. The lowest BCUT2D eigenvalue weighted by Gasteiger charge is -2.28. The predicted octanol–water partition coefficient (Wildman–Crippen LogP) is 2.83. The number of rotatable bonds is 8. The summed E-state index contributed by atoms with van der Waals surface area (Å²) in [5, 5.41) is 0. The van der Waals surface area contributed by atoms with Crippen LogP contribution in [-0.4, -0.2) is 28.6 Å². The molecule has 1 saturated carbocycles. The Labute approximate surface area is 94.5 Å². The molecule has 4 heteroatoms. The largest absolute Gasteiger partial charge is 0.504 e. The minimum Gasteiger partial charge on any atom is -0.374 e. The summed E-state index contributed by atoms with van der Waals surface area (Å²) in [5.74, 6) is 0.765. The molecule has 0 aromatic heterocycles. The van der Waals surface area contributed by atoms with E-state index in [4.69, 9.17) is 13.3 Å². The molecule has 0 N–H and O–H groups in total. The van der Waals surface area contributed by atoms with Crippen molar-refractivity contribution in [3.05, 3.63) is 0 Å². The molecule has 0 radical (unpaired) electrons. The van der Waals surface area contributed by atoms with Crippen molar-refractivity contribution >= 4 is 8.80 Å². The topological polar surface area (TPSA) is 27.7 Å².